The quantitative estimate of drug-likeness (QED) is 0.538. The summed E-state index contributed by atoms with van der Waals surface area (Å²) in [5.41, 5.74) is 6.83. The molecule has 104 valence electrons. The van der Waals surface area contributed by atoms with Crippen molar-refractivity contribution in [3.8, 4) is 0 Å². The minimum atomic E-state index is -0.889. The van der Waals surface area contributed by atoms with Crippen LogP contribution >= 0.6 is 0 Å². The Labute approximate surface area is 112 Å². The highest BCUT2D eigenvalue weighted by atomic mass is 16.4. The fourth-order valence-corrected chi connectivity index (χ4v) is 1.61. The Hall–Kier alpha value is -2.08. The molecule has 0 saturated carbocycles. The number of carboxylic acid groups (broad SMARTS) is 1. The van der Waals surface area contributed by atoms with E-state index in [4.69, 9.17) is 10.8 Å². The van der Waals surface area contributed by atoms with E-state index in [0.29, 0.717) is 25.2 Å². The number of nitrogens with two attached hydrogens (primary N) is 1. The number of aliphatic carboxylic acids is 1. The maximum atomic E-state index is 11.4. The Balaban J connectivity index is 2.48. The lowest BCUT2D eigenvalue weighted by Gasteiger charge is -2.10. The largest absolute Gasteiger partial charge is 0.481 e. The first-order valence-corrected chi connectivity index (χ1v) is 6.14. The van der Waals surface area contributed by atoms with Gasteiger partial charge < -0.3 is 21.5 Å². The summed E-state index contributed by atoms with van der Waals surface area (Å²) in [7, 11) is 0. The minimum absolute atomic E-state index is 0.0490. The number of benzene rings is 1. The number of hydrogen-bond acceptors (Lipinski definition) is 3. The third-order valence-corrected chi connectivity index (χ3v) is 2.57. The number of carboxylic acids is 1. The molecule has 1 rings (SSSR count). The Morgan fingerprint density at radius 3 is 2.47 bits per heavy atom. The van der Waals surface area contributed by atoms with Crippen LogP contribution in [0.15, 0.2) is 24.3 Å². The van der Waals surface area contributed by atoms with Crippen molar-refractivity contribution in [2.75, 3.05) is 13.1 Å². The maximum absolute atomic E-state index is 11.4. The first-order valence-electron chi connectivity index (χ1n) is 6.14. The van der Waals surface area contributed by atoms with E-state index in [1.165, 1.54) is 0 Å². The number of rotatable bonds is 7. The van der Waals surface area contributed by atoms with Crippen molar-refractivity contribution < 1.29 is 14.7 Å². The zero-order chi connectivity index (χ0) is 14.1. The maximum Gasteiger partial charge on any atom is 0.315 e. The first kappa shape index (κ1) is 15.0. The number of carbonyl (C=O) groups excluding carboxylic acids is 1. The molecule has 0 atom stereocenters. The molecular formula is C13H19N3O3. The highest BCUT2D eigenvalue weighted by Gasteiger charge is 2.07. The number of hydrogen-bond donors (Lipinski definition) is 4. The fourth-order valence-electron chi connectivity index (χ4n) is 1.61. The smallest absolute Gasteiger partial charge is 0.315 e. The van der Waals surface area contributed by atoms with E-state index in [0.717, 1.165) is 12.0 Å². The van der Waals surface area contributed by atoms with Gasteiger partial charge >= 0.3 is 12.0 Å². The van der Waals surface area contributed by atoms with Crippen molar-refractivity contribution in [3.05, 3.63) is 35.4 Å². The second kappa shape index (κ2) is 8.10. The molecule has 0 radical (unpaired) electrons. The molecule has 0 unspecified atom stereocenters. The van der Waals surface area contributed by atoms with Crippen LogP contribution in [-0.4, -0.2) is 30.2 Å². The van der Waals surface area contributed by atoms with Crippen LogP contribution in [0, 0.1) is 0 Å². The van der Waals surface area contributed by atoms with E-state index >= 15 is 0 Å². The standard InChI is InChI=1S/C13H19N3O3/c14-6-3-7-15-13(19)16-9-11-5-2-1-4-10(11)8-12(17)18/h1-2,4-5H,3,6-9,14H2,(H,17,18)(H2,15,16,19). The molecule has 0 aliphatic rings. The van der Waals surface area contributed by atoms with Crippen LogP contribution in [0.1, 0.15) is 17.5 Å². The molecule has 0 aromatic heterocycles. The van der Waals surface area contributed by atoms with Gasteiger partial charge in [0.2, 0.25) is 0 Å². The predicted molar refractivity (Wildman–Crippen MR) is 71.7 cm³/mol. The van der Waals surface area contributed by atoms with Gasteiger partial charge in [0.05, 0.1) is 6.42 Å². The molecule has 1 aromatic rings. The van der Waals surface area contributed by atoms with Gasteiger partial charge in [0.1, 0.15) is 0 Å². The highest BCUT2D eigenvalue weighted by molar-refractivity contribution is 5.74. The van der Waals surface area contributed by atoms with Crippen molar-refractivity contribution in [1.29, 1.82) is 0 Å². The van der Waals surface area contributed by atoms with Crippen LogP contribution in [0.4, 0.5) is 4.79 Å². The normalized spacial score (nSPS) is 9.95. The van der Waals surface area contributed by atoms with E-state index in [-0.39, 0.29) is 12.5 Å². The SMILES string of the molecule is NCCCNC(=O)NCc1ccccc1CC(=O)O. The van der Waals surface area contributed by atoms with Crippen LogP contribution in [-0.2, 0) is 17.8 Å². The highest BCUT2D eigenvalue weighted by Crippen LogP contribution is 2.09. The monoisotopic (exact) mass is 265 g/mol. The van der Waals surface area contributed by atoms with Crippen molar-refractivity contribution in [1.82, 2.24) is 10.6 Å². The summed E-state index contributed by atoms with van der Waals surface area (Å²) in [5, 5.41) is 14.2. The van der Waals surface area contributed by atoms with Crippen LogP contribution in [0.25, 0.3) is 0 Å². The lowest BCUT2D eigenvalue weighted by molar-refractivity contribution is -0.136. The van der Waals surface area contributed by atoms with Crippen molar-refractivity contribution in [2.24, 2.45) is 5.73 Å². The molecule has 0 bridgehead atoms. The van der Waals surface area contributed by atoms with Gasteiger partial charge in [0.25, 0.3) is 0 Å². The summed E-state index contributed by atoms with van der Waals surface area (Å²) in [6.07, 6.45) is 0.676. The minimum Gasteiger partial charge on any atom is -0.481 e. The molecule has 6 nitrogen and oxygen atoms in total. The summed E-state index contributed by atoms with van der Waals surface area (Å²) < 4.78 is 0. The van der Waals surface area contributed by atoms with Gasteiger partial charge in [0, 0.05) is 13.1 Å². The molecule has 1 aromatic carbocycles. The Bertz CT molecular complexity index is 435. The zero-order valence-electron chi connectivity index (χ0n) is 10.7. The third-order valence-electron chi connectivity index (χ3n) is 2.57. The average molecular weight is 265 g/mol. The third kappa shape index (κ3) is 5.87. The lowest BCUT2D eigenvalue weighted by Crippen LogP contribution is -2.36. The van der Waals surface area contributed by atoms with Crippen molar-refractivity contribution in [3.63, 3.8) is 0 Å². The summed E-state index contributed by atoms with van der Waals surface area (Å²) in [4.78, 5) is 22.2. The van der Waals surface area contributed by atoms with Crippen LogP contribution in [0.3, 0.4) is 0 Å². The second-order valence-electron chi connectivity index (χ2n) is 4.09. The van der Waals surface area contributed by atoms with Crippen molar-refractivity contribution >= 4 is 12.0 Å². The van der Waals surface area contributed by atoms with Gasteiger partial charge in [-0.1, -0.05) is 24.3 Å². The molecule has 6 heteroatoms. The van der Waals surface area contributed by atoms with Gasteiger partial charge in [-0.3, -0.25) is 4.79 Å². The van der Waals surface area contributed by atoms with Gasteiger partial charge in [-0.15, -0.1) is 0 Å². The van der Waals surface area contributed by atoms with E-state index < -0.39 is 5.97 Å². The number of urea groups is 1. The van der Waals surface area contributed by atoms with Crippen LogP contribution < -0.4 is 16.4 Å². The van der Waals surface area contributed by atoms with Crippen molar-refractivity contribution in [2.45, 2.75) is 19.4 Å². The number of carbonyl (C=O) groups is 2. The van der Waals surface area contributed by atoms with Gasteiger partial charge in [-0.2, -0.15) is 0 Å². The van der Waals surface area contributed by atoms with Crippen LogP contribution in [0.5, 0.6) is 0 Å². The average Bonchev–Trinajstić information content (AvgIpc) is 2.37. The van der Waals surface area contributed by atoms with Gasteiger partial charge in [-0.25, -0.2) is 4.79 Å². The molecule has 0 spiro atoms. The van der Waals surface area contributed by atoms with Crippen LogP contribution in [0.2, 0.25) is 0 Å². The molecule has 0 heterocycles. The van der Waals surface area contributed by atoms with E-state index in [1.807, 2.05) is 6.07 Å². The van der Waals surface area contributed by atoms with E-state index in [1.54, 1.807) is 18.2 Å². The molecule has 0 saturated heterocycles. The molecule has 19 heavy (non-hydrogen) atoms. The van der Waals surface area contributed by atoms with Gasteiger partial charge in [0.15, 0.2) is 0 Å². The fraction of sp³-hybridized carbons (Fsp3) is 0.385. The summed E-state index contributed by atoms with van der Waals surface area (Å²) >= 11 is 0. The molecule has 0 aliphatic carbocycles. The summed E-state index contributed by atoms with van der Waals surface area (Å²) in [6, 6.07) is 6.87. The summed E-state index contributed by atoms with van der Waals surface area (Å²) in [6.45, 7) is 1.36. The Kier molecular flexibility index (Phi) is 6.38. The topological polar surface area (TPSA) is 104 Å². The molecule has 5 N–H and O–H groups in total. The first-order chi connectivity index (χ1) is 9.13. The molecule has 0 fully saturated rings. The second-order valence-corrected chi connectivity index (χ2v) is 4.09. The van der Waals surface area contributed by atoms with E-state index in [2.05, 4.69) is 10.6 Å². The molecule has 0 aliphatic heterocycles. The van der Waals surface area contributed by atoms with E-state index in [9.17, 15) is 9.59 Å². The Morgan fingerprint density at radius 1 is 1.16 bits per heavy atom. The predicted octanol–water partition coefficient (Wildman–Crippen LogP) is 0.462. The van der Waals surface area contributed by atoms with Gasteiger partial charge in [-0.05, 0) is 24.1 Å². The summed E-state index contributed by atoms with van der Waals surface area (Å²) in [5.74, 6) is -0.889. The molecular weight excluding hydrogens is 246 g/mol. The molecule has 2 amide bonds. The Morgan fingerprint density at radius 2 is 1.84 bits per heavy atom. The zero-order valence-corrected chi connectivity index (χ0v) is 10.7. The lowest BCUT2D eigenvalue weighted by atomic mass is 10.0. The number of amides is 2. The number of nitrogens with one attached hydrogen (secondary N) is 2.